The Balaban J connectivity index is 1.53. The molecule has 0 aliphatic heterocycles. The number of carboxylic acids is 1. The van der Waals surface area contributed by atoms with Gasteiger partial charge in [-0.3, -0.25) is 0 Å². The summed E-state index contributed by atoms with van der Waals surface area (Å²) < 4.78 is 10.9. The Hall–Kier alpha value is -2.69. The third-order valence-electron chi connectivity index (χ3n) is 11.8. The van der Waals surface area contributed by atoms with E-state index >= 15 is 0 Å². The van der Waals surface area contributed by atoms with Gasteiger partial charge in [-0.05, 0) is 147 Å². The van der Waals surface area contributed by atoms with Crippen molar-refractivity contribution >= 4 is 18.2 Å². The fourth-order valence-corrected chi connectivity index (χ4v) is 9.58. The van der Waals surface area contributed by atoms with Crippen molar-refractivity contribution in [1.82, 2.24) is 10.6 Å². The molecule has 8 heteroatoms. The van der Waals surface area contributed by atoms with Gasteiger partial charge in [0.15, 0.2) is 0 Å². The molecule has 3 N–H and O–H groups in total. The van der Waals surface area contributed by atoms with Gasteiger partial charge in [-0.2, -0.15) is 0 Å². The van der Waals surface area contributed by atoms with Crippen molar-refractivity contribution in [2.45, 2.75) is 143 Å². The van der Waals surface area contributed by atoms with Gasteiger partial charge in [0.2, 0.25) is 0 Å². The highest BCUT2D eigenvalue weighted by molar-refractivity contribution is 5.85. The first-order chi connectivity index (χ1) is 20.8. The molecule has 0 bridgehead atoms. The molecule has 0 saturated heterocycles. The molecule has 0 radical (unpaired) electrons. The van der Waals surface area contributed by atoms with E-state index < -0.39 is 34.9 Å². The summed E-state index contributed by atoms with van der Waals surface area (Å²) in [4.78, 5) is 38.5. The maximum absolute atomic E-state index is 13.2. The van der Waals surface area contributed by atoms with Crippen LogP contribution >= 0.6 is 0 Å². The Kier molecular flexibility index (Phi) is 10.0. The minimum absolute atomic E-state index is 0.0302. The molecule has 252 valence electrons. The quantitative estimate of drug-likeness (QED) is 0.144. The number of carbonyl (C=O) groups is 3. The Morgan fingerprint density at radius 3 is 2.24 bits per heavy atom. The summed E-state index contributed by atoms with van der Waals surface area (Å²) in [6.45, 7) is 15.9. The second kappa shape index (κ2) is 12.8. The number of unbranched alkanes of at least 4 members (excludes halogenated alkanes) is 1. The van der Waals surface area contributed by atoms with Crippen LogP contribution in [-0.4, -0.2) is 46.5 Å². The normalized spacial score (nSPS) is 34.0. The van der Waals surface area contributed by atoms with Crippen LogP contribution in [0, 0.1) is 52.8 Å². The number of alkyl carbamates (subject to hydrolysis) is 2. The van der Waals surface area contributed by atoms with Crippen molar-refractivity contribution in [3.8, 4) is 12.3 Å². The highest BCUT2D eigenvalue weighted by atomic mass is 16.6. The molecule has 4 aliphatic carbocycles. The number of terminal acetylenes is 1. The molecule has 0 heterocycles. The van der Waals surface area contributed by atoms with Crippen LogP contribution < -0.4 is 10.6 Å². The van der Waals surface area contributed by atoms with Crippen molar-refractivity contribution in [3.63, 3.8) is 0 Å². The zero-order valence-electron chi connectivity index (χ0n) is 29.0. The largest absolute Gasteiger partial charge is 0.479 e. The lowest BCUT2D eigenvalue weighted by Crippen LogP contribution is -2.62. The number of ether oxygens (including phenoxy) is 2. The van der Waals surface area contributed by atoms with E-state index in [9.17, 15) is 19.5 Å². The Labute approximate surface area is 271 Å². The van der Waals surface area contributed by atoms with Gasteiger partial charge in [0.05, 0.1) is 0 Å². The molecule has 0 spiro atoms. The molecule has 4 aliphatic rings. The van der Waals surface area contributed by atoms with E-state index in [4.69, 9.17) is 15.9 Å². The van der Waals surface area contributed by atoms with E-state index in [1.807, 2.05) is 20.8 Å². The third-order valence-corrected chi connectivity index (χ3v) is 11.8. The molecule has 2 amide bonds. The smallest absolute Gasteiger partial charge is 0.408 e. The van der Waals surface area contributed by atoms with Crippen LogP contribution in [0.4, 0.5) is 9.59 Å². The van der Waals surface area contributed by atoms with Gasteiger partial charge in [-0.1, -0.05) is 25.5 Å². The highest BCUT2D eigenvalue weighted by Crippen LogP contribution is 2.66. The molecule has 0 aromatic rings. The van der Waals surface area contributed by atoms with Crippen LogP contribution in [0.25, 0.3) is 0 Å². The van der Waals surface area contributed by atoms with Gasteiger partial charge >= 0.3 is 18.2 Å². The fourth-order valence-electron chi connectivity index (χ4n) is 9.58. The summed E-state index contributed by atoms with van der Waals surface area (Å²) in [6, 6.07) is 0. The number of rotatable bonds is 8. The van der Waals surface area contributed by atoms with Crippen LogP contribution in [0.2, 0.25) is 0 Å². The van der Waals surface area contributed by atoms with E-state index in [0.29, 0.717) is 55.9 Å². The average Bonchev–Trinajstić information content (AvgIpc) is 3.26. The SMILES string of the molecule is C#C[C@H]1CCC2C3CC=C4C[C@@H]([C@](CCCCNC(=O)OC(C)(C)C)(NC(=O)OC(C)(C)C)C(=O)O)CC[C@]4(C)C3CC[C@@]21C. The summed E-state index contributed by atoms with van der Waals surface area (Å²) in [6.07, 6.45) is 16.5. The van der Waals surface area contributed by atoms with Crippen molar-refractivity contribution < 1.29 is 29.0 Å². The minimum Gasteiger partial charge on any atom is -0.479 e. The van der Waals surface area contributed by atoms with Crippen LogP contribution in [0.5, 0.6) is 0 Å². The number of allylic oxidation sites excluding steroid dienone is 2. The van der Waals surface area contributed by atoms with Crippen molar-refractivity contribution in [1.29, 1.82) is 0 Å². The standard InChI is InChI=1S/C37H58N2O6/c1-10-24-14-16-28-27-15-13-25-23-26(17-20-36(25,9)29(27)18-21-35(24,28)8)37(30(40)41,39-32(43)45-34(5,6)7)19-11-12-22-38-31(42)44-33(2,3)4/h1,13,24,26-29H,11-12,14-23H2,2-9H3,(H,38,42)(H,39,43)(H,40,41)/t24-,26-,27?,28?,29?,35+,36-,37-/m0/s1. The van der Waals surface area contributed by atoms with Crippen LogP contribution in [0.3, 0.4) is 0 Å². The topological polar surface area (TPSA) is 114 Å². The lowest BCUT2D eigenvalue weighted by Gasteiger charge is -2.58. The molecule has 0 aromatic carbocycles. The van der Waals surface area contributed by atoms with Gasteiger partial charge in [0.25, 0.3) is 0 Å². The average molecular weight is 627 g/mol. The summed E-state index contributed by atoms with van der Waals surface area (Å²) in [7, 11) is 0. The molecular formula is C37H58N2O6. The lowest BCUT2D eigenvalue weighted by atomic mass is 9.46. The number of nitrogens with one attached hydrogen (secondary N) is 2. The number of carbonyl (C=O) groups excluding carboxylic acids is 2. The zero-order chi connectivity index (χ0) is 33.4. The van der Waals surface area contributed by atoms with Crippen molar-refractivity contribution in [2.75, 3.05) is 6.54 Å². The number of hydrogen-bond donors (Lipinski definition) is 3. The first-order valence-electron chi connectivity index (χ1n) is 17.2. The van der Waals surface area contributed by atoms with Gasteiger partial charge in [0, 0.05) is 12.5 Å². The molecule has 8 nitrogen and oxygen atoms in total. The zero-order valence-corrected chi connectivity index (χ0v) is 29.0. The summed E-state index contributed by atoms with van der Waals surface area (Å²) >= 11 is 0. The van der Waals surface area contributed by atoms with E-state index in [-0.39, 0.29) is 23.2 Å². The monoisotopic (exact) mass is 626 g/mol. The maximum atomic E-state index is 13.2. The predicted octanol–water partition coefficient (Wildman–Crippen LogP) is 7.86. The lowest BCUT2D eigenvalue weighted by molar-refractivity contribution is -0.149. The Morgan fingerprint density at radius 2 is 1.62 bits per heavy atom. The molecule has 3 saturated carbocycles. The highest BCUT2D eigenvalue weighted by Gasteiger charge is 2.60. The molecule has 45 heavy (non-hydrogen) atoms. The number of carboxylic acid groups (broad SMARTS) is 1. The second-order valence-electron chi connectivity index (χ2n) is 16.8. The number of fused-ring (bicyclic) bond motifs is 5. The molecular weight excluding hydrogens is 568 g/mol. The molecule has 4 rings (SSSR count). The van der Waals surface area contributed by atoms with Gasteiger partial charge in [-0.15, -0.1) is 12.3 Å². The van der Waals surface area contributed by atoms with Gasteiger partial charge in [0.1, 0.15) is 16.7 Å². The van der Waals surface area contributed by atoms with E-state index in [1.54, 1.807) is 20.8 Å². The number of hydrogen-bond acceptors (Lipinski definition) is 5. The summed E-state index contributed by atoms with van der Waals surface area (Å²) in [5, 5.41) is 16.5. The third kappa shape index (κ3) is 7.33. The molecule has 0 aromatic heterocycles. The first kappa shape index (κ1) is 35.2. The molecule has 3 fully saturated rings. The predicted molar refractivity (Wildman–Crippen MR) is 175 cm³/mol. The minimum atomic E-state index is -1.48. The first-order valence-corrected chi connectivity index (χ1v) is 17.2. The van der Waals surface area contributed by atoms with Crippen molar-refractivity contribution in [2.24, 2.45) is 40.4 Å². The van der Waals surface area contributed by atoms with Crippen LogP contribution in [-0.2, 0) is 14.3 Å². The summed E-state index contributed by atoms with van der Waals surface area (Å²) in [5.41, 5.74) is -1.22. The second-order valence-corrected chi connectivity index (χ2v) is 16.8. The van der Waals surface area contributed by atoms with E-state index in [1.165, 1.54) is 18.4 Å². The van der Waals surface area contributed by atoms with E-state index in [2.05, 4.69) is 36.5 Å². The van der Waals surface area contributed by atoms with E-state index in [0.717, 1.165) is 25.7 Å². The Morgan fingerprint density at radius 1 is 0.956 bits per heavy atom. The van der Waals surface area contributed by atoms with Gasteiger partial charge < -0.3 is 25.2 Å². The molecule has 8 atom stereocenters. The maximum Gasteiger partial charge on any atom is 0.408 e. The van der Waals surface area contributed by atoms with Crippen LogP contribution in [0.1, 0.15) is 126 Å². The van der Waals surface area contributed by atoms with Gasteiger partial charge in [-0.25, -0.2) is 14.4 Å². The summed E-state index contributed by atoms with van der Waals surface area (Å²) in [5.74, 6) is 4.02. The Bertz CT molecular complexity index is 1210. The fraction of sp³-hybridized carbons (Fsp3) is 0.811. The van der Waals surface area contributed by atoms with Crippen molar-refractivity contribution in [3.05, 3.63) is 11.6 Å². The van der Waals surface area contributed by atoms with Crippen LogP contribution in [0.15, 0.2) is 11.6 Å². The number of aliphatic carboxylic acids is 1. The molecule has 3 unspecified atom stereocenters. The number of amides is 2.